The van der Waals surface area contributed by atoms with Crippen LogP contribution in [0.15, 0.2) is 30.7 Å². The average Bonchev–Trinajstić information content (AvgIpc) is 2.69. The molecule has 1 N–H and O–H groups in total. The van der Waals surface area contributed by atoms with Gasteiger partial charge in [0, 0.05) is 36.5 Å². The van der Waals surface area contributed by atoms with E-state index in [1.165, 1.54) is 0 Å². The molecule has 1 amide bonds. The Kier molecular flexibility index (Phi) is 5.55. The molecule has 1 aliphatic rings. The lowest BCUT2D eigenvalue weighted by Gasteiger charge is -2.33. The van der Waals surface area contributed by atoms with Gasteiger partial charge in [-0.2, -0.15) is 0 Å². The van der Waals surface area contributed by atoms with Gasteiger partial charge in [0.25, 0.3) is 5.91 Å². The molecule has 1 aromatic heterocycles. The highest BCUT2D eigenvalue weighted by Gasteiger charge is 2.24. The third-order valence-electron chi connectivity index (χ3n) is 4.65. The average molecular weight is 356 g/mol. The Balaban J connectivity index is 1.61. The summed E-state index contributed by atoms with van der Waals surface area (Å²) in [6, 6.07) is 5.57. The first-order valence-electron chi connectivity index (χ1n) is 8.67. The van der Waals surface area contributed by atoms with Gasteiger partial charge in [-0.25, -0.2) is 9.97 Å². The van der Waals surface area contributed by atoms with E-state index in [9.17, 15) is 4.79 Å². The zero-order chi connectivity index (χ0) is 18.5. The molecule has 26 heavy (non-hydrogen) atoms. The molecule has 2 heterocycles. The van der Waals surface area contributed by atoms with Crippen molar-refractivity contribution in [2.24, 2.45) is 0 Å². The number of carbonyl (C=O) groups excluding carboxylic acids is 1. The quantitative estimate of drug-likeness (QED) is 0.887. The minimum Gasteiger partial charge on any atom is -0.493 e. The van der Waals surface area contributed by atoms with Crippen molar-refractivity contribution in [1.82, 2.24) is 14.9 Å². The number of aromatic nitrogens is 2. The van der Waals surface area contributed by atoms with E-state index in [2.05, 4.69) is 15.3 Å². The normalized spacial score (nSPS) is 14.8. The van der Waals surface area contributed by atoms with Gasteiger partial charge < -0.3 is 19.7 Å². The van der Waals surface area contributed by atoms with Gasteiger partial charge in [0.2, 0.25) is 0 Å². The highest BCUT2D eigenvalue weighted by Crippen LogP contribution is 2.28. The van der Waals surface area contributed by atoms with E-state index in [-0.39, 0.29) is 5.91 Å². The number of carbonyl (C=O) groups is 1. The fourth-order valence-electron chi connectivity index (χ4n) is 3.12. The van der Waals surface area contributed by atoms with Gasteiger partial charge in [0.05, 0.1) is 14.2 Å². The van der Waals surface area contributed by atoms with Crippen molar-refractivity contribution in [3.05, 3.63) is 41.9 Å². The van der Waals surface area contributed by atoms with Crippen molar-refractivity contribution in [2.45, 2.75) is 25.8 Å². The second-order valence-electron chi connectivity index (χ2n) is 6.33. The van der Waals surface area contributed by atoms with E-state index in [0.717, 1.165) is 24.2 Å². The van der Waals surface area contributed by atoms with Crippen molar-refractivity contribution in [1.29, 1.82) is 0 Å². The Bertz CT molecular complexity index is 773. The Hall–Kier alpha value is -2.83. The summed E-state index contributed by atoms with van der Waals surface area (Å²) in [5, 5.41) is 3.46. The number of rotatable bonds is 5. The maximum atomic E-state index is 12.8. The molecule has 7 nitrogen and oxygen atoms in total. The molecule has 0 atom stereocenters. The summed E-state index contributed by atoms with van der Waals surface area (Å²) in [4.78, 5) is 22.9. The standard InChI is InChI=1S/C19H24N4O3/c1-13-11-20-12-21-18(13)22-15-6-8-23(9-7-15)19(24)14-4-5-16(25-2)17(10-14)26-3/h4-5,10-12,15H,6-9H2,1-3H3,(H,20,21,22). The number of methoxy groups -OCH3 is 2. The van der Waals surface area contributed by atoms with Crippen molar-refractivity contribution in [3.63, 3.8) is 0 Å². The summed E-state index contributed by atoms with van der Waals surface area (Å²) in [6.45, 7) is 3.39. The van der Waals surface area contributed by atoms with Crippen molar-refractivity contribution in [3.8, 4) is 11.5 Å². The number of hydrogen-bond donors (Lipinski definition) is 1. The number of likely N-dealkylation sites (tertiary alicyclic amines) is 1. The summed E-state index contributed by atoms with van der Waals surface area (Å²) >= 11 is 0. The molecular weight excluding hydrogens is 332 g/mol. The van der Waals surface area contributed by atoms with Crippen LogP contribution in [-0.4, -0.2) is 54.1 Å². The Morgan fingerprint density at radius 2 is 1.92 bits per heavy atom. The smallest absolute Gasteiger partial charge is 0.253 e. The van der Waals surface area contributed by atoms with Crippen LogP contribution in [-0.2, 0) is 0 Å². The molecule has 138 valence electrons. The van der Waals surface area contributed by atoms with Crippen LogP contribution < -0.4 is 14.8 Å². The number of anilines is 1. The first-order valence-corrected chi connectivity index (χ1v) is 8.67. The van der Waals surface area contributed by atoms with E-state index in [0.29, 0.717) is 36.2 Å². The molecule has 1 saturated heterocycles. The van der Waals surface area contributed by atoms with Crippen LogP contribution in [0.3, 0.4) is 0 Å². The molecule has 0 radical (unpaired) electrons. The van der Waals surface area contributed by atoms with E-state index in [4.69, 9.17) is 9.47 Å². The van der Waals surface area contributed by atoms with Crippen molar-refractivity contribution in [2.75, 3.05) is 32.6 Å². The number of amides is 1. The first kappa shape index (κ1) is 18.0. The summed E-state index contributed by atoms with van der Waals surface area (Å²) in [6.07, 6.45) is 5.10. The van der Waals surface area contributed by atoms with E-state index >= 15 is 0 Å². The number of ether oxygens (including phenoxy) is 2. The third kappa shape index (κ3) is 3.87. The second kappa shape index (κ2) is 8.03. The van der Waals surface area contributed by atoms with Gasteiger partial charge in [-0.3, -0.25) is 4.79 Å². The van der Waals surface area contributed by atoms with Crippen molar-refractivity contribution < 1.29 is 14.3 Å². The molecule has 1 aromatic carbocycles. The lowest BCUT2D eigenvalue weighted by atomic mass is 10.0. The predicted octanol–water partition coefficient (Wildman–Crippen LogP) is 2.52. The maximum absolute atomic E-state index is 12.8. The highest BCUT2D eigenvalue weighted by molar-refractivity contribution is 5.95. The largest absolute Gasteiger partial charge is 0.493 e. The highest BCUT2D eigenvalue weighted by atomic mass is 16.5. The van der Waals surface area contributed by atoms with Crippen molar-refractivity contribution >= 4 is 11.7 Å². The number of hydrogen-bond acceptors (Lipinski definition) is 6. The van der Waals surface area contributed by atoms with E-state index in [1.54, 1.807) is 44.9 Å². The molecule has 7 heteroatoms. The topological polar surface area (TPSA) is 76.6 Å². The number of benzene rings is 1. The van der Waals surface area contributed by atoms with Crippen LogP contribution in [0.25, 0.3) is 0 Å². The predicted molar refractivity (Wildman–Crippen MR) is 98.9 cm³/mol. The summed E-state index contributed by atoms with van der Waals surface area (Å²) in [5.74, 6) is 2.06. The molecular formula is C19H24N4O3. The molecule has 1 fully saturated rings. The van der Waals surface area contributed by atoms with Gasteiger partial charge in [-0.05, 0) is 38.0 Å². The lowest BCUT2D eigenvalue weighted by molar-refractivity contribution is 0.0718. The van der Waals surface area contributed by atoms with Crippen LogP contribution in [0.5, 0.6) is 11.5 Å². The van der Waals surface area contributed by atoms with Crippen LogP contribution in [0.2, 0.25) is 0 Å². The Labute approximate surface area is 153 Å². The molecule has 0 saturated carbocycles. The number of piperidine rings is 1. The fraction of sp³-hybridized carbons (Fsp3) is 0.421. The van der Waals surface area contributed by atoms with Gasteiger partial charge in [-0.1, -0.05) is 0 Å². The van der Waals surface area contributed by atoms with Gasteiger partial charge in [-0.15, -0.1) is 0 Å². The molecule has 0 bridgehead atoms. The Morgan fingerprint density at radius 1 is 1.19 bits per heavy atom. The van der Waals surface area contributed by atoms with Gasteiger partial charge in [0.1, 0.15) is 12.1 Å². The van der Waals surface area contributed by atoms with Crippen LogP contribution in [0.1, 0.15) is 28.8 Å². The SMILES string of the molecule is COc1ccc(C(=O)N2CCC(Nc3ncncc3C)CC2)cc1OC. The van der Waals surface area contributed by atoms with Gasteiger partial charge in [0.15, 0.2) is 11.5 Å². The third-order valence-corrected chi connectivity index (χ3v) is 4.65. The fourth-order valence-corrected chi connectivity index (χ4v) is 3.12. The minimum absolute atomic E-state index is 0.0163. The van der Waals surface area contributed by atoms with E-state index in [1.807, 2.05) is 11.8 Å². The molecule has 0 unspecified atom stereocenters. The van der Waals surface area contributed by atoms with Crippen LogP contribution >= 0.6 is 0 Å². The van der Waals surface area contributed by atoms with Crippen LogP contribution in [0.4, 0.5) is 5.82 Å². The molecule has 0 spiro atoms. The number of nitrogens with one attached hydrogen (secondary N) is 1. The summed E-state index contributed by atoms with van der Waals surface area (Å²) < 4.78 is 10.5. The zero-order valence-electron chi connectivity index (χ0n) is 15.4. The lowest BCUT2D eigenvalue weighted by Crippen LogP contribution is -2.42. The molecule has 0 aliphatic carbocycles. The molecule has 2 aromatic rings. The van der Waals surface area contributed by atoms with Crippen LogP contribution in [0, 0.1) is 6.92 Å². The zero-order valence-corrected chi connectivity index (χ0v) is 15.4. The van der Waals surface area contributed by atoms with Gasteiger partial charge >= 0.3 is 0 Å². The monoisotopic (exact) mass is 356 g/mol. The minimum atomic E-state index is 0.0163. The molecule has 3 rings (SSSR count). The number of nitrogens with zero attached hydrogens (tertiary/aromatic N) is 3. The summed E-state index contributed by atoms with van der Waals surface area (Å²) in [5.41, 5.74) is 1.64. The molecule has 1 aliphatic heterocycles. The van der Waals surface area contributed by atoms with E-state index < -0.39 is 0 Å². The first-order chi connectivity index (χ1) is 12.6. The second-order valence-corrected chi connectivity index (χ2v) is 6.33. The maximum Gasteiger partial charge on any atom is 0.253 e. The summed E-state index contributed by atoms with van der Waals surface area (Å²) in [7, 11) is 3.15. The Morgan fingerprint density at radius 3 is 2.58 bits per heavy atom. The number of aryl methyl sites for hydroxylation is 1.